The summed E-state index contributed by atoms with van der Waals surface area (Å²) in [5.74, 6) is -18.5. The number of carboxylic acid groups (broad SMARTS) is 1. The van der Waals surface area contributed by atoms with Gasteiger partial charge in [0.1, 0.15) is 78.5 Å². The van der Waals surface area contributed by atoms with Gasteiger partial charge >= 0.3 is 12.0 Å². The molecule has 0 aliphatic carbocycles. The maximum atomic E-state index is 14.4. The van der Waals surface area contributed by atoms with Crippen LogP contribution in [0.1, 0.15) is 144 Å². The van der Waals surface area contributed by atoms with E-state index >= 15 is 0 Å². The van der Waals surface area contributed by atoms with Crippen LogP contribution in [0.25, 0.3) is 0 Å². The Hall–Kier alpha value is -11.4. The van der Waals surface area contributed by atoms with Gasteiger partial charge in [-0.15, -0.1) is 0 Å². The van der Waals surface area contributed by atoms with Crippen LogP contribution in [-0.2, 0) is 118 Å². The number of unbranched alkanes of at least 4 members (excludes halogenated alkanes) is 3. The first-order chi connectivity index (χ1) is 67.2. The summed E-state index contributed by atoms with van der Waals surface area (Å²) in [6.07, 6.45) is -1.43. The number of carbonyl (C=O) groups excluding carboxylic acids is 17. The van der Waals surface area contributed by atoms with Crippen molar-refractivity contribution in [3.8, 4) is 0 Å². The van der Waals surface area contributed by atoms with E-state index in [2.05, 4.69) is 90.4 Å². The minimum Gasteiger partial charge on any atom is -0.481 e. The number of carboxylic acids is 1. The molecule has 2 unspecified atom stereocenters. The van der Waals surface area contributed by atoms with E-state index < -0.39 is 236 Å². The van der Waals surface area contributed by atoms with Crippen molar-refractivity contribution in [2.75, 3.05) is 118 Å². The van der Waals surface area contributed by atoms with Crippen LogP contribution in [0.15, 0.2) is 60.7 Å². The van der Waals surface area contributed by atoms with E-state index in [9.17, 15) is 112 Å². The summed E-state index contributed by atoms with van der Waals surface area (Å²) in [6.45, 7) is 10.7. The van der Waals surface area contributed by atoms with Crippen LogP contribution in [0.4, 0.5) is 4.79 Å². The zero-order chi connectivity index (χ0) is 105. The Morgan fingerprint density at radius 1 is 0.397 bits per heavy atom. The molecule has 4 rings (SSSR count). The van der Waals surface area contributed by atoms with Crippen LogP contribution in [0.5, 0.6) is 0 Å². The van der Waals surface area contributed by atoms with Gasteiger partial charge in [-0.1, -0.05) is 109 Å². The average Bonchev–Trinajstić information content (AvgIpc) is 1.67. The molecule has 0 aromatic heterocycles. The molecule has 141 heavy (non-hydrogen) atoms. The van der Waals surface area contributed by atoms with E-state index in [1.807, 2.05) is 11.8 Å². The number of hydrogen-bond acceptors (Lipinski definition) is 31. The van der Waals surface area contributed by atoms with Gasteiger partial charge in [-0.3, -0.25) is 81.5 Å². The molecule has 2 aliphatic rings. The molecule has 0 spiro atoms. The Morgan fingerprint density at radius 3 is 1.28 bits per heavy atom. The summed E-state index contributed by atoms with van der Waals surface area (Å²) in [5, 5.41) is 94.9. The zero-order valence-electron chi connectivity index (χ0n) is 81.4. The standard InChI is InChI=1S/C91H149N21O28S/c1-51(2)72(78(95)122)107-86(130)65(49-114)105-87(131)73(52(3)4)109-90(134)76(55(8)116)110-84(128)63(46-94)103-85(129)64(48-113)104-80(124)59(26-18-20-31-93)100-83(127)62(45-71(120)121)102-89(133)75(54(7)115)111-88(132)74(53(5)6)108-81(125)58(25-17-19-30-92)98-70(119)47-97-79(123)60(43-56-21-11-9-12-22-56)101-82(126)61(44-57-23-13-10-14-24-57)99-69(118)29-33-136-35-37-138-39-41-140-42-40-139-38-36-137-34-32-96-68(117)28-16-15-27-67-77-66(50-141-67)106-91(135)112-77/h9-14,21-24,51-55,58-67,72-77,113-116H,15-20,25-50,92-94H2,1-8H3,(H2,95,122)(H,96,117)(H,97,123)(H,98,119)(H,99,118)(H,100,127)(H,101,126)(H,102,133)(H,103,129)(H,104,124)(H,105,131)(H,107,130)(H,108,125)(H,109,134)(H,110,128)(H,111,132)(H,120,121)(H2,106,112,135)/t54-,55-,58-,59-,60-,61-,62+,63-,64+,65+,66-,67+,72-,73-,74+,75?,76?,77-/m1/s1. The molecule has 0 bridgehead atoms. The average molecular weight is 2020 g/mol. The highest BCUT2D eigenvalue weighted by molar-refractivity contribution is 8.00. The van der Waals surface area contributed by atoms with E-state index in [1.54, 1.807) is 74.5 Å². The lowest BCUT2D eigenvalue weighted by Crippen LogP contribution is -2.64. The first-order valence-electron chi connectivity index (χ1n) is 47.5. The number of nitrogens with one attached hydrogen (secondary N) is 17. The molecule has 792 valence electrons. The number of amides is 18. The van der Waals surface area contributed by atoms with Crippen LogP contribution < -0.4 is 113 Å². The number of benzene rings is 2. The maximum Gasteiger partial charge on any atom is 0.315 e. The van der Waals surface area contributed by atoms with Crippen molar-refractivity contribution in [3.05, 3.63) is 71.8 Å². The van der Waals surface area contributed by atoms with E-state index in [0.29, 0.717) is 68.8 Å². The van der Waals surface area contributed by atoms with Crippen LogP contribution >= 0.6 is 11.8 Å². The molecule has 2 aliphatic heterocycles. The van der Waals surface area contributed by atoms with E-state index in [0.717, 1.165) is 38.9 Å². The molecule has 2 fully saturated rings. The molecule has 2 aromatic carbocycles. The van der Waals surface area contributed by atoms with Crippen molar-refractivity contribution in [2.45, 2.75) is 253 Å². The molecule has 30 N–H and O–H groups in total. The van der Waals surface area contributed by atoms with Crippen LogP contribution in [0.3, 0.4) is 0 Å². The highest BCUT2D eigenvalue weighted by atomic mass is 32.2. The fraction of sp³-hybridized carbons (Fsp3) is 0.670. The molecule has 18 amide bonds. The number of fused-ring (bicyclic) bond motifs is 1. The van der Waals surface area contributed by atoms with Gasteiger partial charge in [0.15, 0.2) is 0 Å². The largest absolute Gasteiger partial charge is 0.481 e. The van der Waals surface area contributed by atoms with Crippen LogP contribution in [0.2, 0.25) is 0 Å². The monoisotopic (exact) mass is 2020 g/mol. The van der Waals surface area contributed by atoms with Crippen LogP contribution in [-0.4, -0.2) is 358 Å². The Balaban J connectivity index is 1.32. The third-order valence-corrected chi connectivity index (χ3v) is 24.0. The highest BCUT2D eigenvalue weighted by Gasteiger charge is 2.44. The predicted molar refractivity (Wildman–Crippen MR) is 512 cm³/mol. The number of aliphatic hydroxyl groups is 4. The van der Waals surface area contributed by atoms with Gasteiger partial charge in [0.2, 0.25) is 94.5 Å². The lowest BCUT2D eigenvalue weighted by Gasteiger charge is -2.29. The van der Waals surface area contributed by atoms with E-state index in [-0.39, 0.29) is 122 Å². The predicted octanol–water partition coefficient (Wildman–Crippen LogP) is -7.90. The highest BCUT2D eigenvalue weighted by Crippen LogP contribution is 2.33. The molecule has 0 radical (unpaired) electrons. The van der Waals surface area contributed by atoms with Gasteiger partial charge in [-0.25, -0.2) is 4.79 Å². The third-order valence-electron chi connectivity index (χ3n) is 22.5. The second kappa shape index (κ2) is 67.1. The second-order valence-corrected chi connectivity index (χ2v) is 36.3. The van der Waals surface area contributed by atoms with Crippen LogP contribution in [0, 0.1) is 17.8 Å². The Kier molecular flexibility index (Phi) is 58.0. The molecular formula is C91H149N21O28S. The minimum absolute atomic E-state index is 0.00345. The van der Waals surface area contributed by atoms with Crippen molar-refractivity contribution < 1.29 is 136 Å². The molecule has 2 aromatic rings. The topological polar surface area (TPSA) is 763 Å². The van der Waals surface area contributed by atoms with Gasteiger partial charge in [-0.2, -0.15) is 11.8 Å². The molecule has 2 heterocycles. The summed E-state index contributed by atoms with van der Waals surface area (Å²) in [7, 11) is 0. The SMILES string of the molecule is CC(C)[C@H](NC(=O)[C@@H](CCCCN)NC(=O)CNC(=O)[C@@H](Cc1ccccc1)NC(=O)[C@@H](Cc1ccccc1)NC(=O)CCOCCOCCOCCOCCOCCNC(=O)CCCC[C@@H]1SC[C@H]2NC(=O)N[C@@H]12)C(=O)NC(C(=O)N[C@@H](CC(=O)O)C(=O)N[C@H](CCCCN)C(=O)N[C@@H](CO)C(=O)N[C@H](CN)C(=O)NC(C(=O)N[C@@H](C(=O)N[C@@H](CO)C(=O)N[C@@H](C(N)=O)C(C)C)C(C)C)[C@@H](C)O)[C@@H](C)O. The van der Waals surface area contributed by atoms with E-state index in [4.69, 9.17) is 46.6 Å². The number of hydrogen-bond donors (Lipinski definition) is 26. The molecule has 2 saturated heterocycles. The van der Waals surface area contributed by atoms with Crippen molar-refractivity contribution in [3.63, 3.8) is 0 Å². The number of nitrogens with two attached hydrogens (primary N) is 4. The van der Waals surface area contributed by atoms with Gasteiger partial charge < -0.3 is 163 Å². The molecule has 18 atom stereocenters. The molecule has 49 nitrogen and oxygen atoms in total. The number of aliphatic carboxylic acids is 1. The Labute approximate surface area is 824 Å². The number of thioether (sulfide) groups is 1. The Bertz CT molecular complexity index is 4290. The fourth-order valence-corrected chi connectivity index (χ4v) is 16.1. The maximum absolute atomic E-state index is 14.4. The quantitative estimate of drug-likeness (QED) is 0.0216. The number of carbonyl (C=O) groups is 18. The number of aliphatic hydroxyl groups excluding tert-OH is 4. The molecule has 0 saturated carbocycles. The number of rotatable bonds is 73. The summed E-state index contributed by atoms with van der Waals surface area (Å²) in [5.41, 5.74) is 24.0. The third kappa shape index (κ3) is 46.5. The summed E-state index contributed by atoms with van der Waals surface area (Å²) in [6, 6.07) is -3.81. The zero-order valence-corrected chi connectivity index (χ0v) is 82.2. The smallest absolute Gasteiger partial charge is 0.315 e. The lowest BCUT2D eigenvalue weighted by atomic mass is 10.0. The first kappa shape index (κ1) is 122. The number of urea groups is 1. The van der Waals surface area contributed by atoms with Crippen molar-refractivity contribution in [1.82, 2.24) is 90.4 Å². The minimum atomic E-state index is -2.10. The Morgan fingerprint density at radius 2 is 0.780 bits per heavy atom. The summed E-state index contributed by atoms with van der Waals surface area (Å²) < 4.78 is 27.9. The van der Waals surface area contributed by atoms with E-state index in [1.165, 1.54) is 27.7 Å². The summed E-state index contributed by atoms with van der Waals surface area (Å²) in [4.78, 5) is 243. The summed E-state index contributed by atoms with van der Waals surface area (Å²) >= 11 is 1.86. The number of primary amides is 1. The van der Waals surface area contributed by atoms with Gasteiger partial charge in [0, 0.05) is 49.8 Å². The van der Waals surface area contributed by atoms with Crippen molar-refractivity contribution >= 4 is 118 Å². The normalized spacial score (nSPS) is 17.0. The van der Waals surface area contributed by atoms with Crippen molar-refractivity contribution in [2.24, 2.45) is 40.7 Å². The molecule has 50 heteroatoms. The molecular weight excluding hydrogens is 1870 g/mol. The van der Waals surface area contributed by atoms with Gasteiger partial charge in [0.25, 0.3) is 0 Å². The van der Waals surface area contributed by atoms with Gasteiger partial charge in [-0.05, 0) is 107 Å². The fourth-order valence-electron chi connectivity index (χ4n) is 14.5. The van der Waals surface area contributed by atoms with Crippen molar-refractivity contribution in [1.29, 1.82) is 0 Å². The first-order valence-corrected chi connectivity index (χ1v) is 48.5. The van der Waals surface area contributed by atoms with Gasteiger partial charge in [0.05, 0.1) is 117 Å². The lowest BCUT2D eigenvalue weighted by molar-refractivity contribution is -0.142. The number of ether oxygens (including phenoxy) is 5. The second-order valence-electron chi connectivity index (χ2n) is 35.0.